The van der Waals surface area contributed by atoms with Crippen LogP contribution < -0.4 is 4.74 Å². The van der Waals surface area contributed by atoms with E-state index in [0.717, 1.165) is 29.4 Å². The minimum Gasteiger partial charge on any atom is -0.406 e. The fraction of sp³-hybridized carbons (Fsp3) is 0.100. The molecule has 140 valence electrons. The van der Waals surface area contributed by atoms with Crippen LogP contribution in [-0.4, -0.2) is 6.36 Å². The van der Waals surface area contributed by atoms with Gasteiger partial charge in [-0.15, -0.1) is 13.2 Å². The zero-order valence-electron chi connectivity index (χ0n) is 13.9. The van der Waals surface area contributed by atoms with E-state index in [1.165, 1.54) is 17.7 Å². The fourth-order valence-electron chi connectivity index (χ4n) is 2.62. The fourth-order valence-corrected chi connectivity index (χ4v) is 4.94. The van der Waals surface area contributed by atoms with Crippen molar-refractivity contribution in [3.05, 3.63) is 70.9 Å². The Labute approximate surface area is 196 Å². The molecular formula is C20H12F3I3O. The maximum atomic E-state index is 12.4. The van der Waals surface area contributed by atoms with Crippen molar-refractivity contribution in [2.24, 2.45) is 0 Å². The quantitative estimate of drug-likeness (QED) is 0.251. The number of ether oxygens (including phenoxy) is 1. The number of halogens is 6. The van der Waals surface area contributed by atoms with Gasteiger partial charge in [-0.2, -0.15) is 0 Å². The average Bonchev–Trinajstić information content (AvgIpc) is 2.58. The van der Waals surface area contributed by atoms with Crippen molar-refractivity contribution >= 4 is 67.8 Å². The second-order valence-electron chi connectivity index (χ2n) is 5.84. The van der Waals surface area contributed by atoms with Crippen LogP contribution in [0.15, 0.2) is 54.6 Å². The summed E-state index contributed by atoms with van der Waals surface area (Å²) in [5.74, 6) is -0.211. The van der Waals surface area contributed by atoms with Gasteiger partial charge in [0.1, 0.15) is 5.75 Å². The van der Waals surface area contributed by atoms with Gasteiger partial charge in [0.25, 0.3) is 0 Å². The second kappa shape index (κ2) is 8.44. The topological polar surface area (TPSA) is 9.23 Å². The molecule has 0 unspecified atom stereocenters. The lowest BCUT2D eigenvalue weighted by atomic mass is 9.99. The van der Waals surface area contributed by atoms with E-state index >= 15 is 0 Å². The summed E-state index contributed by atoms with van der Waals surface area (Å²) in [5.41, 5.74) is 5.34. The van der Waals surface area contributed by atoms with E-state index in [1.54, 1.807) is 6.07 Å². The van der Waals surface area contributed by atoms with Crippen LogP contribution in [0.4, 0.5) is 13.2 Å². The minimum atomic E-state index is -4.69. The van der Waals surface area contributed by atoms with Gasteiger partial charge < -0.3 is 4.74 Å². The molecule has 0 heterocycles. The highest BCUT2D eigenvalue weighted by molar-refractivity contribution is 14.1. The van der Waals surface area contributed by atoms with Gasteiger partial charge in [0.05, 0.1) is 0 Å². The van der Waals surface area contributed by atoms with Gasteiger partial charge in [-0.05, 0) is 115 Å². The minimum absolute atomic E-state index is 0.211. The van der Waals surface area contributed by atoms with Gasteiger partial charge >= 0.3 is 6.36 Å². The average molecular weight is 706 g/mol. The number of benzene rings is 3. The number of alkyl halides is 3. The predicted molar refractivity (Wildman–Crippen MR) is 127 cm³/mol. The van der Waals surface area contributed by atoms with Crippen LogP contribution in [0.1, 0.15) is 5.56 Å². The first kappa shape index (κ1) is 21.2. The van der Waals surface area contributed by atoms with E-state index in [2.05, 4.69) is 87.2 Å². The summed E-state index contributed by atoms with van der Waals surface area (Å²) in [6, 6.07) is 16.8. The van der Waals surface area contributed by atoms with Gasteiger partial charge in [0.2, 0.25) is 0 Å². The molecule has 3 rings (SSSR count). The Morgan fingerprint density at radius 2 is 1.30 bits per heavy atom. The predicted octanol–water partition coefficient (Wildman–Crippen LogP) is 8.04. The van der Waals surface area contributed by atoms with E-state index < -0.39 is 6.36 Å². The van der Waals surface area contributed by atoms with Crippen molar-refractivity contribution in [1.29, 1.82) is 0 Å². The Morgan fingerprint density at radius 1 is 0.741 bits per heavy atom. The molecule has 0 radical (unpaired) electrons. The van der Waals surface area contributed by atoms with Gasteiger partial charge in [0, 0.05) is 10.7 Å². The lowest BCUT2D eigenvalue weighted by Crippen LogP contribution is -2.17. The summed E-state index contributed by atoms with van der Waals surface area (Å²) < 4.78 is 44.1. The molecule has 0 amide bonds. The van der Waals surface area contributed by atoms with E-state index in [-0.39, 0.29) is 5.75 Å². The van der Waals surface area contributed by atoms with E-state index in [0.29, 0.717) is 3.57 Å². The monoisotopic (exact) mass is 706 g/mol. The zero-order valence-corrected chi connectivity index (χ0v) is 20.3. The Bertz CT molecular complexity index is 983. The number of rotatable bonds is 3. The van der Waals surface area contributed by atoms with Crippen molar-refractivity contribution in [2.75, 3.05) is 0 Å². The second-order valence-corrected chi connectivity index (χ2v) is 9.16. The van der Waals surface area contributed by atoms with Crippen LogP contribution in [0.3, 0.4) is 0 Å². The molecule has 0 atom stereocenters. The maximum Gasteiger partial charge on any atom is 0.573 e. The van der Waals surface area contributed by atoms with Crippen molar-refractivity contribution in [1.82, 2.24) is 0 Å². The molecule has 0 aliphatic carbocycles. The molecule has 0 spiro atoms. The van der Waals surface area contributed by atoms with E-state index in [9.17, 15) is 13.2 Å². The molecule has 0 aromatic heterocycles. The van der Waals surface area contributed by atoms with Gasteiger partial charge in [0.15, 0.2) is 0 Å². The lowest BCUT2D eigenvalue weighted by molar-refractivity contribution is -0.274. The van der Waals surface area contributed by atoms with E-state index in [1.807, 2.05) is 28.7 Å². The lowest BCUT2D eigenvalue weighted by Gasteiger charge is -2.15. The molecule has 0 saturated heterocycles. The smallest absolute Gasteiger partial charge is 0.406 e. The standard InChI is InChI=1S/C20H12F3I3O/c1-11-2-4-12(5-3-11)14-8-9-16(19(26)18(14)25)15-7-6-13(10-17(15)24)27-20(21,22)23/h2-10H,1H3. The third kappa shape index (κ3) is 5.08. The Balaban J connectivity index is 2.01. The van der Waals surface area contributed by atoms with Crippen LogP contribution in [0.25, 0.3) is 22.3 Å². The number of hydrogen-bond acceptors (Lipinski definition) is 1. The summed E-state index contributed by atoms with van der Waals surface area (Å²) in [6.07, 6.45) is -4.69. The molecule has 3 aromatic carbocycles. The van der Waals surface area contributed by atoms with Crippen LogP contribution in [-0.2, 0) is 0 Å². The first-order valence-electron chi connectivity index (χ1n) is 7.76. The maximum absolute atomic E-state index is 12.4. The molecule has 1 nitrogen and oxygen atoms in total. The van der Waals surface area contributed by atoms with E-state index in [4.69, 9.17) is 0 Å². The summed E-state index contributed by atoms with van der Waals surface area (Å²) in [7, 11) is 0. The first-order valence-corrected chi connectivity index (χ1v) is 11.0. The van der Waals surface area contributed by atoms with Crippen LogP contribution in [0, 0.1) is 17.6 Å². The third-order valence-electron chi connectivity index (χ3n) is 3.91. The molecule has 7 heteroatoms. The highest BCUT2D eigenvalue weighted by Crippen LogP contribution is 2.38. The Hall–Kier alpha value is -0.560. The molecule has 3 aromatic rings. The van der Waals surface area contributed by atoms with Crippen LogP contribution in [0.5, 0.6) is 5.75 Å². The van der Waals surface area contributed by atoms with Crippen molar-refractivity contribution in [3.8, 4) is 28.0 Å². The summed E-state index contributed by atoms with van der Waals surface area (Å²) in [5, 5.41) is 0. The molecule has 0 N–H and O–H groups in total. The highest BCUT2D eigenvalue weighted by Gasteiger charge is 2.31. The number of aryl methyl sites for hydroxylation is 1. The molecule has 0 bridgehead atoms. The van der Waals surface area contributed by atoms with Crippen molar-refractivity contribution < 1.29 is 17.9 Å². The molecule has 0 aliphatic rings. The summed E-state index contributed by atoms with van der Waals surface area (Å²) in [4.78, 5) is 0. The molecule has 0 saturated carbocycles. The normalized spacial score (nSPS) is 11.5. The SMILES string of the molecule is Cc1ccc(-c2ccc(-c3ccc(OC(F)(F)F)cc3I)c(I)c2I)cc1. The largest absolute Gasteiger partial charge is 0.573 e. The van der Waals surface area contributed by atoms with Crippen molar-refractivity contribution in [3.63, 3.8) is 0 Å². The van der Waals surface area contributed by atoms with Crippen molar-refractivity contribution in [2.45, 2.75) is 13.3 Å². The molecule has 0 aliphatic heterocycles. The highest BCUT2D eigenvalue weighted by atomic mass is 127. The Kier molecular flexibility index (Phi) is 6.61. The summed E-state index contributed by atoms with van der Waals surface area (Å²) >= 11 is 6.66. The number of hydrogen-bond donors (Lipinski definition) is 0. The Morgan fingerprint density at radius 3 is 1.89 bits per heavy atom. The molecule has 27 heavy (non-hydrogen) atoms. The first-order chi connectivity index (χ1) is 12.7. The third-order valence-corrected chi connectivity index (χ3v) is 8.07. The van der Waals surface area contributed by atoms with Gasteiger partial charge in [-0.3, -0.25) is 0 Å². The van der Waals surface area contributed by atoms with Gasteiger partial charge in [-0.1, -0.05) is 42.0 Å². The van der Waals surface area contributed by atoms with Gasteiger partial charge in [-0.25, -0.2) is 0 Å². The molecule has 0 fully saturated rings. The van der Waals surface area contributed by atoms with Crippen LogP contribution in [0.2, 0.25) is 0 Å². The molecular weight excluding hydrogens is 694 g/mol. The zero-order chi connectivity index (χ0) is 19.8. The summed E-state index contributed by atoms with van der Waals surface area (Å²) in [6.45, 7) is 2.05. The van der Waals surface area contributed by atoms with Crippen LogP contribution >= 0.6 is 67.8 Å².